The van der Waals surface area contributed by atoms with Gasteiger partial charge < -0.3 is 10.2 Å². The Morgan fingerprint density at radius 3 is 1.94 bits per heavy atom. The first kappa shape index (κ1) is 13.2. The zero-order valence-corrected chi connectivity index (χ0v) is 9.83. The Morgan fingerprint density at radius 1 is 1.00 bits per heavy atom. The van der Waals surface area contributed by atoms with E-state index in [0.717, 1.165) is 5.56 Å². The molecule has 92 valence electrons. The van der Waals surface area contributed by atoms with Crippen LogP contribution in [0.1, 0.15) is 25.3 Å². The van der Waals surface area contributed by atoms with Crippen LogP contribution in [0.4, 0.5) is 0 Å². The molecular formula is C13H16O4. The number of hydrogen-bond acceptors (Lipinski definition) is 2. The van der Waals surface area contributed by atoms with Gasteiger partial charge in [0.05, 0.1) is 11.8 Å². The molecule has 0 unspecified atom stereocenters. The fourth-order valence-electron chi connectivity index (χ4n) is 1.98. The van der Waals surface area contributed by atoms with E-state index in [2.05, 4.69) is 0 Å². The molecule has 1 aromatic carbocycles. The fraction of sp³-hybridized carbons (Fsp3) is 0.385. The van der Waals surface area contributed by atoms with Crippen LogP contribution >= 0.6 is 0 Å². The predicted molar refractivity (Wildman–Crippen MR) is 62.8 cm³/mol. The molecule has 3 atom stereocenters. The van der Waals surface area contributed by atoms with Crippen molar-refractivity contribution in [3.05, 3.63) is 35.9 Å². The molecule has 0 heterocycles. The SMILES string of the molecule is C[C@@H](C(=O)O)[C@@H](C(=O)O)[C@@H](C)c1ccccc1. The van der Waals surface area contributed by atoms with Crippen LogP contribution in [0.25, 0.3) is 0 Å². The van der Waals surface area contributed by atoms with Crippen molar-refractivity contribution in [2.24, 2.45) is 11.8 Å². The zero-order chi connectivity index (χ0) is 13.0. The van der Waals surface area contributed by atoms with Gasteiger partial charge in [-0.05, 0) is 11.5 Å². The lowest BCUT2D eigenvalue weighted by molar-refractivity contribution is -0.153. The van der Waals surface area contributed by atoms with Crippen molar-refractivity contribution in [3.8, 4) is 0 Å². The maximum Gasteiger partial charge on any atom is 0.307 e. The van der Waals surface area contributed by atoms with Crippen molar-refractivity contribution in [2.45, 2.75) is 19.8 Å². The van der Waals surface area contributed by atoms with Gasteiger partial charge in [0.2, 0.25) is 0 Å². The van der Waals surface area contributed by atoms with Gasteiger partial charge in [-0.1, -0.05) is 44.2 Å². The highest BCUT2D eigenvalue weighted by Gasteiger charge is 2.35. The third-order valence-corrected chi connectivity index (χ3v) is 3.08. The van der Waals surface area contributed by atoms with Crippen LogP contribution in [-0.2, 0) is 9.59 Å². The second kappa shape index (κ2) is 5.48. The van der Waals surface area contributed by atoms with E-state index in [1.807, 2.05) is 30.3 Å². The lowest BCUT2D eigenvalue weighted by atomic mass is 9.80. The van der Waals surface area contributed by atoms with Crippen LogP contribution < -0.4 is 0 Å². The molecule has 2 N–H and O–H groups in total. The highest BCUT2D eigenvalue weighted by Crippen LogP contribution is 2.30. The van der Waals surface area contributed by atoms with E-state index in [9.17, 15) is 9.59 Å². The normalized spacial score (nSPS) is 15.9. The molecule has 17 heavy (non-hydrogen) atoms. The van der Waals surface area contributed by atoms with Gasteiger partial charge in [-0.25, -0.2) is 0 Å². The van der Waals surface area contributed by atoms with E-state index >= 15 is 0 Å². The van der Waals surface area contributed by atoms with Gasteiger partial charge in [-0.15, -0.1) is 0 Å². The Labute approximate surface area is 99.9 Å². The summed E-state index contributed by atoms with van der Waals surface area (Å²) in [5, 5.41) is 18.1. The smallest absolute Gasteiger partial charge is 0.307 e. The molecule has 0 amide bonds. The van der Waals surface area contributed by atoms with Gasteiger partial charge in [0.15, 0.2) is 0 Å². The summed E-state index contributed by atoms with van der Waals surface area (Å²) in [7, 11) is 0. The molecule has 0 bridgehead atoms. The molecule has 0 aliphatic rings. The minimum Gasteiger partial charge on any atom is -0.481 e. The molecule has 4 heteroatoms. The monoisotopic (exact) mass is 236 g/mol. The summed E-state index contributed by atoms with van der Waals surface area (Å²) < 4.78 is 0. The Hall–Kier alpha value is -1.84. The molecule has 0 saturated heterocycles. The molecule has 1 aromatic rings. The fourth-order valence-corrected chi connectivity index (χ4v) is 1.98. The van der Waals surface area contributed by atoms with Crippen LogP contribution in [0, 0.1) is 11.8 Å². The van der Waals surface area contributed by atoms with Crippen molar-refractivity contribution in [1.29, 1.82) is 0 Å². The number of benzene rings is 1. The van der Waals surface area contributed by atoms with Crippen molar-refractivity contribution in [1.82, 2.24) is 0 Å². The highest BCUT2D eigenvalue weighted by molar-refractivity contribution is 5.80. The average molecular weight is 236 g/mol. The molecule has 0 aromatic heterocycles. The van der Waals surface area contributed by atoms with E-state index < -0.39 is 23.8 Å². The molecule has 0 spiro atoms. The average Bonchev–Trinajstić information content (AvgIpc) is 2.29. The molecule has 1 rings (SSSR count). The second-order valence-corrected chi connectivity index (χ2v) is 4.19. The van der Waals surface area contributed by atoms with Crippen LogP contribution in [-0.4, -0.2) is 22.2 Å². The van der Waals surface area contributed by atoms with Gasteiger partial charge >= 0.3 is 11.9 Å². The number of aliphatic carboxylic acids is 2. The highest BCUT2D eigenvalue weighted by atomic mass is 16.4. The first-order chi connectivity index (χ1) is 7.95. The topological polar surface area (TPSA) is 74.6 Å². The number of carboxylic acids is 2. The van der Waals surface area contributed by atoms with Gasteiger partial charge in [-0.3, -0.25) is 9.59 Å². The van der Waals surface area contributed by atoms with E-state index in [-0.39, 0.29) is 5.92 Å². The maximum absolute atomic E-state index is 11.2. The van der Waals surface area contributed by atoms with E-state index in [1.54, 1.807) is 6.92 Å². The maximum atomic E-state index is 11.2. The van der Waals surface area contributed by atoms with Gasteiger partial charge in [-0.2, -0.15) is 0 Å². The summed E-state index contributed by atoms with van der Waals surface area (Å²) in [6.45, 7) is 3.17. The second-order valence-electron chi connectivity index (χ2n) is 4.19. The molecule has 0 aliphatic carbocycles. The molecule has 0 fully saturated rings. The van der Waals surface area contributed by atoms with Crippen LogP contribution in [0.5, 0.6) is 0 Å². The van der Waals surface area contributed by atoms with Crippen LogP contribution in [0.2, 0.25) is 0 Å². The summed E-state index contributed by atoms with van der Waals surface area (Å²) >= 11 is 0. The van der Waals surface area contributed by atoms with E-state index in [1.165, 1.54) is 6.92 Å². The van der Waals surface area contributed by atoms with Crippen molar-refractivity contribution >= 4 is 11.9 Å². The minimum absolute atomic E-state index is 0.334. The van der Waals surface area contributed by atoms with Gasteiger partial charge in [0, 0.05) is 0 Å². The third-order valence-electron chi connectivity index (χ3n) is 3.08. The summed E-state index contributed by atoms with van der Waals surface area (Å²) in [4.78, 5) is 22.1. The Morgan fingerprint density at radius 2 is 1.53 bits per heavy atom. The largest absolute Gasteiger partial charge is 0.481 e. The van der Waals surface area contributed by atoms with Gasteiger partial charge in [0.25, 0.3) is 0 Å². The van der Waals surface area contributed by atoms with Crippen molar-refractivity contribution in [3.63, 3.8) is 0 Å². The Bertz CT molecular complexity index is 399. The van der Waals surface area contributed by atoms with Crippen LogP contribution in [0.15, 0.2) is 30.3 Å². The van der Waals surface area contributed by atoms with Gasteiger partial charge in [0.1, 0.15) is 0 Å². The number of hydrogen-bond donors (Lipinski definition) is 2. The quantitative estimate of drug-likeness (QED) is 0.822. The minimum atomic E-state index is -1.08. The number of carboxylic acid groups (broad SMARTS) is 2. The number of carbonyl (C=O) groups is 2. The zero-order valence-electron chi connectivity index (χ0n) is 9.83. The van der Waals surface area contributed by atoms with Crippen molar-refractivity contribution in [2.75, 3.05) is 0 Å². The third kappa shape index (κ3) is 3.06. The standard InChI is InChI=1S/C13H16O4/c1-8(10-6-4-3-5-7-10)11(13(16)17)9(2)12(14)15/h3-9,11H,1-2H3,(H,14,15)(H,16,17)/t8-,9+,11-/m0/s1. The molecular weight excluding hydrogens is 220 g/mol. The lowest BCUT2D eigenvalue weighted by Gasteiger charge is -2.23. The molecule has 0 radical (unpaired) electrons. The first-order valence-electron chi connectivity index (χ1n) is 5.45. The van der Waals surface area contributed by atoms with E-state index in [4.69, 9.17) is 10.2 Å². The summed E-state index contributed by atoms with van der Waals surface area (Å²) in [5.41, 5.74) is 0.841. The summed E-state index contributed by atoms with van der Waals surface area (Å²) in [5.74, 6) is -4.33. The van der Waals surface area contributed by atoms with Crippen LogP contribution in [0.3, 0.4) is 0 Å². The Kier molecular flexibility index (Phi) is 4.26. The van der Waals surface area contributed by atoms with Crippen molar-refractivity contribution < 1.29 is 19.8 Å². The molecule has 0 aliphatic heterocycles. The summed E-state index contributed by atoms with van der Waals surface area (Å²) in [6, 6.07) is 9.10. The predicted octanol–water partition coefficient (Wildman–Crippen LogP) is 2.21. The first-order valence-corrected chi connectivity index (χ1v) is 5.45. The molecule has 0 saturated carbocycles. The Balaban J connectivity index is 3.00. The van der Waals surface area contributed by atoms with E-state index in [0.29, 0.717) is 0 Å². The molecule has 4 nitrogen and oxygen atoms in total. The number of rotatable bonds is 5. The summed E-state index contributed by atoms with van der Waals surface area (Å²) in [6.07, 6.45) is 0. The lowest BCUT2D eigenvalue weighted by Crippen LogP contribution is -2.31.